The standard InChI is InChI=1S/C14H26O/c1-5-6-7-14(12(2)3)9-8-13(4)10-11-15/h5,13-15H,1-2,6-11H2,3-4H3/t13-,14+/m0/s1. The average Bonchev–Trinajstić information content (AvgIpc) is 2.17. The number of rotatable bonds is 9. The molecule has 0 radical (unpaired) electrons. The summed E-state index contributed by atoms with van der Waals surface area (Å²) in [7, 11) is 0. The average molecular weight is 210 g/mol. The summed E-state index contributed by atoms with van der Waals surface area (Å²) >= 11 is 0. The molecule has 0 saturated heterocycles. The zero-order valence-corrected chi connectivity index (χ0v) is 10.3. The fourth-order valence-corrected chi connectivity index (χ4v) is 1.81. The molecule has 0 aromatic carbocycles. The summed E-state index contributed by atoms with van der Waals surface area (Å²) in [5.41, 5.74) is 1.29. The highest BCUT2D eigenvalue weighted by atomic mass is 16.3. The highest BCUT2D eigenvalue weighted by molar-refractivity contribution is 4.96. The van der Waals surface area contributed by atoms with Crippen molar-refractivity contribution >= 4 is 0 Å². The van der Waals surface area contributed by atoms with Crippen molar-refractivity contribution in [3.05, 3.63) is 24.8 Å². The van der Waals surface area contributed by atoms with Crippen LogP contribution in [0.5, 0.6) is 0 Å². The minimum atomic E-state index is 0.311. The van der Waals surface area contributed by atoms with Gasteiger partial charge < -0.3 is 5.11 Å². The summed E-state index contributed by atoms with van der Waals surface area (Å²) in [6, 6.07) is 0. The van der Waals surface area contributed by atoms with Crippen LogP contribution < -0.4 is 0 Å². The van der Waals surface area contributed by atoms with E-state index < -0.39 is 0 Å². The number of hydrogen-bond donors (Lipinski definition) is 1. The predicted molar refractivity (Wildman–Crippen MR) is 67.8 cm³/mol. The van der Waals surface area contributed by atoms with Crippen molar-refractivity contribution < 1.29 is 5.11 Å². The molecule has 2 atom stereocenters. The zero-order chi connectivity index (χ0) is 11.7. The van der Waals surface area contributed by atoms with Crippen LogP contribution in [0.1, 0.15) is 46.0 Å². The molecule has 0 aromatic heterocycles. The topological polar surface area (TPSA) is 20.2 Å². The van der Waals surface area contributed by atoms with E-state index >= 15 is 0 Å². The van der Waals surface area contributed by atoms with Crippen molar-refractivity contribution in [2.75, 3.05) is 6.61 Å². The molecule has 0 rings (SSSR count). The normalized spacial score (nSPS) is 14.6. The van der Waals surface area contributed by atoms with E-state index in [0.29, 0.717) is 18.4 Å². The quantitative estimate of drug-likeness (QED) is 0.571. The first-order valence-electron chi connectivity index (χ1n) is 5.99. The Hall–Kier alpha value is -0.560. The molecule has 1 N–H and O–H groups in total. The smallest absolute Gasteiger partial charge is 0.0433 e. The molecule has 1 nitrogen and oxygen atoms in total. The fourth-order valence-electron chi connectivity index (χ4n) is 1.81. The minimum Gasteiger partial charge on any atom is -0.396 e. The first-order chi connectivity index (χ1) is 7.11. The van der Waals surface area contributed by atoms with Crippen LogP contribution in [0.25, 0.3) is 0 Å². The third-order valence-corrected chi connectivity index (χ3v) is 3.05. The lowest BCUT2D eigenvalue weighted by atomic mass is 9.88. The number of aliphatic hydroxyl groups excluding tert-OH is 1. The van der Waals surface area contributed by atoms with Gasteiger partial charge in [-0.1, -0.05) is 31.6 Å². The minimum absolute atomic E-state index is 0.311. The molecule has 88 valence electrons. The van der Waals surface area contributed by atoms with Gasteiger partial charge in [-0.25, -0.2) is 0 Å². The lowest BCUT2D eigenvalue weighted by Gasteiger charge is -2.18. The van der Waals surface area contributed by atoms with Crippen LogP contribution >= 0.6 is 0 Å². The van der Waals surface area contributed by atoms with E-state index in [4.69, 9.17) is 5.11 Å². The van der Waals surface area contributed by atoms with Gasteiger partial charge in [0.15, 0.2) is 0 Å². The van der Waals surface area contributed by atoms with Gasteiger partial charge in [-0.15, -0.1) is 6.58 Å². The fraction of sp³-hybridized carbons (Fsp3) is 0.714. The van der Waals surface area contributed by atoms with Gasteiger partial charge in [0.2, 0.25) is 0 Å². The lowest BCUT2D eigenvalue weighted by molar-refractivity contribution is 0.253. The van der Waals surface area contributed by atoms with Gasteiger partial charge in [0, 0.05) is 6.61 Å². The molecular weight excluding hydrogens is 184 g/mol. The molecule has 0 fully saturated rings. The number of hydrogen-bond acceptors (Lipinski definition) is 1. The molecule has 0 aliphatic carbocycles. The maximum Gasteiger partial charge on any atom is 0.0433 e. The van der Waals surface area contributed by atoms with Crippen LogP contribution in [0.3, 0.4) is 0 Å². The summed E-state index contributed by atoms with van der Waals surface area (Å²) in [6.07, 6.45) is 7.54. The Bertz CT molecular complexity index is 184. The summed E-state index contributed by atoms with van der Waals surface area (Å²) in [5, 5.41) is 8.82. The Balaban J connectivity index is 3.84. The Kier molecular flexibility index (Phi) is 8.40. The Morgan fingerprint density at radius 3 is 2.40 bits per heavy atom. The van der Waals surface area contributed by atoms with Crippen molar-refractivity contribution in [2.24, 2.45) is 11.8 Å². The molecule has 0 aromatic rings. The highest BCUT2D eigenvalue weighted by Crippen LogP contribution is 2.24. The van der Waals surface area contributed by atoms with Gasteiger partial charge in [-0.3, -0.25) is 0 Å². The Labute approximate surface area is 94.9 Å². The summed E-state index contributed by atoms with van der Waals surface area (Å²) in [6.45, 7) is 12.4. The second-order valence-corrected chi connectivity index (χ2v) is 4.60. The van der Waals surface area contributed by atoms with Gasteiger partial charge in [-0.2, -0.15) is 0 Å². The molecule has 1 heteroatoms. The first kappa shape index (κ1) is 14.4. The maximum atomic E-state index is 8.82. The van der Waals surface area contributed by atoms with Crippen LogP contribution in [0, 0.1) is 11.8 Å². The van der Waals surface area contributed by atoms with Crippen molar-refractivity contribution in [1.82, 2.24) is 0 Å². The van der Waals surface area contributed by atoms with Gasteiger partial charge in [-0.05, 0) is 44.4 Å². The molecule has 0 amide bonds. The third-order valence-electron chi connectivity index (χ3n) is 3.05. The van der Waals surface area contributed by atoms with Gasteiger partial charge in [0.05, 0.1) is 0 Å². The van der Waals surface area contributed by atoms with E-state index in [1.165, 1.54) is 24.8 Å². The maximum absolute atomic E-state index is 8.82. The monoisotopic (exact) mass is 210 g/mol. The summed E-state index contributed by atoms with van der Waals surface area (Å²) < 4.78 is 0. The number of allylic oxidation sites excluding steroid dienone is 2. The SMILES string of the molecule is C=CCC[C@H](CC[C@H](C)CCO)C(=C)C. The predicted octanol–water partition coefficient (Wildman–Crippen LogP) is 3.94. The van der Waals surface area contributed by atoms with Crippen LogP contribution in [0.4, 0.5) is 0 Å². The van der Waals surface area contributed by atoms with Crippen LogP contribution in [-0.4, -0.2) is 11.7 Å². The molecule has 0 bridgehead atoms. The molecule has 0 aliphatic rings. The Morgan fingerprint density at radius 2 is 1.93 bits per heavy atom. The summed E-state index contributed by atoms with van der Waals surface area (Å²) in [5.74, 6) is 1.25. The molecule has 0 aliphatic heterocycles. The largest absolute Gasteiger partial charge is 0.396 e. The molecular formula is C14H26O. The molecule has 0 unspecified atom stereocenters. The second-order valence-electron chi connectivity index (χ2n) is 4.60. The molecule has 0 saturated carbocycles. The van der Waals surface area contributed by atoms with Crippen LogP contribution in [0.2, 0.25) is 0 Å². The lowest BCUT2D eigenvalue weighted by Crippen LogP contribution is -2.05. The first-order valence-corrected chi connectivity index (χ1v) is 5.99. The van der Waals surface area contributed by atoms with E-state index in [-0.39, 0.29) is 0 Å². The van der Waals surface area contributed by atoms with Crippen LogP contribution in [-0.2, 0) is 0 Å². The number of aliphatic hydroxyl groups is 1. The highest BCUT2D eigenvalue weighted by Gasteiger charge is 2.10. The van der Waals surface area contributed by atoms with Crippen molar-refractivity contribution in [2.45, 2.75) is 46.0 Å². The third kappa shape index (κ3) is 7.38. The van der Waals surface area contributed by atoms with Gasteiger partial charge >= 0.3 is 0 Å². The van der Waals surface area contributed by atoms with E-state index in [1.54, 1.807) is 0 Å². The molecule has 0 spiro atoms. The zero-order valence-electron chi connectivity index (χ0n) is 10.3. The summed E-state index contributed by atoms with van der Waals surface area (Å²) in [4.78, 5) is 0. The van der Waals surface area contributed by atoms with E-state index in [1.807, 2.05) is 6.08 Å². The van der Waals surface area contributed by atoms with E-state index in [9.17, 15) is 0 Å². The van der Waals surface area contributed by atoms with Gasteiger partial charge in [0.1, 0.15) is 0 Å². The van der Waals surface area contributed by atoms with Crippen molar-refractivity contribution in [3.8, 4) is 0 Å². The second kappa shape index (κ2) is 8.72. The molecule has 0 heterocycles. The van der Waals surface area contributed by atoms with E-state index in [0.717, 1.165) is 12.8 Å². The van der Waals surface area contributed by atoms with Crippen molar-refractivity contribution in [3.63, 3.8) is 0 Å². The van der Waals surface area contributed by atoms with Crippen molar-refractivity contribution in [1.29, 1.82) is 0 Å². The van der Waals surface area contributed by atoms with Crippen LogP contribution in [0.15, 0.2) is 24.8 Å². The Morgan fingerprint density at radius 1 is 1.27 bits per heavy atom. The molecule has 15 heavy (non-hydrogen) atoms. The van der Waals surface area contributed by atoms with E-state index in [2.05, 4.69) is 27.0 Å². The van der Waals surface area contributed by atoms with Gasteiger partial charge in [0.25, 0.3) is 0 Å².